The van der Waals surface area contributed by atoms with Crippen LogP contribution in [0.3, 0.4) is 0 Å². The van der Waals surface area contributed by atoms with Gasteiger partial charge in [0.25, 0.3) is 0 Å². The lowest BCUT2D eigenvalue weighted by Gasteiger charge is -2.30. The van der Waals surface area contributed by atoms with Crippen LogP contribution < -0.4 is 5.32 Å². The lowest BCUT2D eigenvalue weighted by atomic mass is 10.0. The van der Waals surface area contributed by atoms with Crippen molar-refractivity contribution in [2.45, 2.75) is 45.7 Å². The molecule has 0 radical (unpaired) electrons. The van der Waals surface area contributed by atoms with Gasteiger partial charge in [0.1, 0.15) is 5.54 Å². The summed E-state index contributed by atoms with van der Waals surface area (Å²) in [6.07, 6.45) is 0.957. The average molecular weight is 217 g/mol. The number of hydrogen-bond donors (Lipinski definition) is 1. The lowest BCUT2D eigenvalue weighted by Crippen LogP contribution is -2.56. The molecule has 0 aliphatic heterocycles. The molecular formula is C11H23NO3. The zero-order valence-corrected chi connectivity index (χ0v) is 10.4. The van der Waals surface area contributed by atoms with Crippen LogP contribution in [0.25, 0.3) is 0 Å². The number of esters is 1. The molecular weight excluding hydrogens is 194 g/mol. The van der Waals surface area contributed by atoms with Crippen LogP contribution in [0, 0.1) is 0 Å². The number of methoxy groups -OCH3 is 1. The summed E-state index contributed by atoms with van der Waals surface area (Å²) in [5.41, 5.74) is -0.750. The quantitative estimate of drug-likeness (QED) is 0.654. The second-order valence-electron chi connectivity index (χ2n) is 3.91. The molecule has 0 aliphatic carbocycles. The van der Waals surface area contributed by atoms with Crippen molar-refractivity contribution >= 4 is 5.97 Å². The second-order valence-corrected chi connectivity index (χ2v) is 3.91. The molecule has 0 saturated heterocycles. The Morgan fingerprint density at radius 3 is 2.47 bits per heavy atom. The molecule has 0 spiro atoms. The summed E-state index contributed by atoms with van der Waals surface area (Å²) in [7, 11) is 1.39. The van der Waals surface area contributed by atoms with Crippen LogP contribution in [0.4, 0.5) is 0 Å². The monoisotopic (exact) mass is 217 g/mol. The van der Waals surface area contributed by atoms with E-state index in [0.29, 0.717) is 13.2 Å². The second kappa shape index (κ2) is 6.80. The topological polar surface area (TPSA) is 47.6 Å². The first kappa shape index (κ1) is 14.4. The van der Waals surface area contributed by atoms with Crippen molar-refractivity contribution in [1.82, 2.24) is 5.32 Å². The average Bonchev–Trinajstić information content (AvgIpc) is 2.24. The summed E-state index contributed by atoms with van der Waals surface area (Å²) in [6.45, 7) is 8.74. The molecule has 0 aliphatic rings. The summed E-state index contributed by atoms with van der Waals surface area (Å²) in [5, 5.41) is 3.23. The number of carbonyl (C=O) groups excluding carboxylic acids is 1. The van der Waals surface area contributed by atoms with Gasteiger partial charge in [0.2, 0.25) is 0 Å². The van der Waals surface area contributed by atoms with Gasteiger partial charge in [0.15, 0.2) is 0 Å². The first-order chi connectivity index (χ1) is 7.00. The normalized spacial score (nSPS) is 16.9. The first-order valence-corrected chi connectivity index (χ1v) is 5.44. The standard InChI is InChI=1S/C11H23NO3/c1-6-9(3)12-11(4,8-15-7-2)10(13)14-5/h9,12H,6-8H2,1-5H3. The lowest BCUT2D eigenvalue weighted by molar-refractivity contribution is -0.151. The Bertz CT molecular complexity index is 196. The summed E-state index contributed by atoms with van der Waals surface area (Å²) in [6, 6.07) is 0.259. The minimum atomic E-state index is -0.750. The number of hydrogen-bond acceptors (Lipinski definition) is 4. The number of nitrogens with one attached hydrogen (secondary N) is 1. The minimum absolute atomic E-state index is 0.259. The van der Waals surface area contributed by atoms with Gasteiger partial charge in [-0.2, -0.15) is 0 Å². The highest BCUT2D eigenvalue weighted by Crippen LogP contribution is 2.10. The minimum Gasteiger partial charge on any atom is -0.468 e. The zero-order valence-electron chi connectivity index (χ0n) is 10.4. The molecule has 0 aromatic heterocycles. The summed E-state index contributed by atoms with van der Waals surface area (Å²) >= 11 is 0. The van der Waals surface area contributed by atoms with Crippen LogP contribution >= 0.6 is 0 Å². The van der Waals surface area contributed by atoms with E-state index in [2.05, 4.69) is 12.2 Å². The molecule has 4 heteroatoms. The molecule has 4 nitrogen and oxygen atoms in total. The Labute approximate surface area is 92.3 Å². The van der Waals surface area contributed by atoms with E-state index in [9.17, 15) is 4.79 Å². The predicted molar refractivity (Wildman–Crippen MR) is 59.8 cm³/mol. The fourth-order valence-electron chi connectivity index (χ4n) is 1.34. The van der Waals surface area contributed by atoms with Gasteiger partial charge in [-0.25, -0.2) is 4.79 Å². The van der Waals surface area contributed by atoms with Crippen LogP contribution in [-0.4, -0.2) is 37.9 Å². The zero-order chi connectivity index (χ0) is 11.9. The number of ether oxygens (including phenoxy) is 2. The smallest absolute Gasteiger partial charge is 0.328 e. The SMILES string of the molecule is CCOCC(C)(NC(C)CC)C(=O)OC. The van der Waals surface area contributed by atoms with E-state index in [1.807, 2.05) is 13.8 Å². The van der Waals surface area contributed by atoms with Crippen LogP contribution in [0.5, 0.6) is 0 Å². The summed E-state index contributed by atoms with van der Waals surface area (Å²) in [5.74, 6) is -0.281. The molecule has 15 heavy (non-hydrogen) atoms. The maximum Gasteiger partial charge on any atom is 0.328 e. The van der Waals surface area contributed by atoms with Crippen LogP contribution in [-0.2, 0) is 14.3 Å². The molecule has 0 fully saturated rings. The predicted octanol–water partition coefficient (Wildman–Crippen LogP) is 1.34. The van der Waals surface area contributed by atoms with Crippen molar-refractivity contribution in [3.63, 3.8) is 0 Å². The van der Waals surface area contributed by atoms with Gasteiger partial charge in [-0.05, 0) is 27.2 Å². The van der Waals surface area contributed by atoms with E-state index in [-0.39, 0.29) is 12.0 Å². The molecule has 1 N–H and O–H groups in total. The molecule has 0 saturated carbocycles. The molecule has 0 rings (SSSR count). The molecule has 0 heterocycles. The van der Waals surface area contributed by atoms with Crippen molar-refractivity contribution in [3.05, 3.63) is 0 Å². The molecule has 0 aromatic carbocycles. The summed E-state index contributed by atoms with van der Waals surface area (Å²) in [4.78, 5) is 11.6. The Hall–Kier alpha value is -0.610. The fourth-order valence-corrected chi connectivity index (χ4v) is 1.34. The Morgan fingerprint density at radius 2 is 2.07 bits per heavy atom. The van der Waals surface area contributed by atoms with Crippen LogP contribution in [0.15, 0.2) is 0 Å². The van der Waals surface area contributed by atoms with Gasteiger partial charge in [-0.1, -0.05) is 6.92 Å². The maximum atomic E-state index is 11.6. The Balaban J connectivity index is 4.46. The third-order valence-corrected chi connectivity index (χ3v) is 2.41. The van der Waals surface area contributed by atoms with E-state index < -0.39 is 5.54 Å². The molecule has 2 atom stereocenters. The van der Waals surface area contributed by atoms with Crippen molar-refractivity contribution in [2.24, 2.45) is 0 Å². The van der Waals surface area contributed by atoms with E-state index in [1.165, 1.54) is 7.11 Å². The Morgan fingerprint density at radius 1 is 1.47 bits per heavy atom. The van der Waals surface area contributed by atoms with Gasteiger partial charge < -0.3 is 9.47 Å². The van der Waals surface area contributed by atoms with Crippen molar-refractivity contribution in [3.8, 4) is 0 Å². The van der Waals surface area contributed by atoms with Gasteiger partial charge in [0.05, 0.1) is 13.7 Å². The van der Waals surface area contributed by atoms with E-state index in [1.54, 1.807) is 6.92 Å². The van der Waals surface area contributed by atoms with Gasteiger partial charge in [-0.3, -0.25) is 5.32 Å². The van der Waals surface area contributed by atoms with Crippen molar-refractivity contribution < 1.29 is 14.3 Å². The largest absolute Gasteiger partial charge is 0.468 e. The molecule has 2 unspecified atom stereocenters. The highest BCUT2D eigenvalue weighted by molar-refractivity contribution is 5.80. The molecule has 0 aromatic rings. The van der Waals surface area contributed by atoms with Crippen molar-refractivity contribution in [2.75, 3.05) is 20.3 Å². The number of carbonyl (C=O) groups is 1. The first-order valence-electron chi connectivity index (χ1n) is 5.44. The molecule has 0 amide bonds. The van der Waals surface area contributed by atoms with Gasteiger partial charge >= 0.3 is 5.97 Å². The maximum absolute atomic E-state index is 11.6. The number of rotatable bonds is 7. The van der Waals surface area contributed by atoms with Crippen LogP contribution in [0.1, 0.15) is 34.1 Å². The third kappa shape index (κ3) is 4.62. The summed E-state index contributed by atoms with van der Waals surface area (Å²) < 4.78 is 10.1. The van der Waals surface area contributed by atoms with E-state index in [4.69, 9.17) is 9.47 Å². The highest BCUT2D eigenvalue weighted by atomic mass is 16.5. The van der Waals surface area contributed by atoms with Gasteiger partial charge in [-0.15, -0.1) is 0 Å². The Kier molecular flexibility index (Phi) is 6.52. The van der Waals surface area contributed by atoms with Crippen LogP contribution in [0.2, 0.25) is 0 Å². The molecule has 90 valence electrons. The van der Waals surface area contributed by atoms with E-state index in [0.717, 1.165) is 6.42 Å². The van der Waals surface area contributed by atoms with Crippen molar-refractivity contribution in [1.29, 1.82) is 0 Å². The molecule has 0 bridgehead atoms. The van der Waals surface area contributed by atoms with E-state index >= 15 is 0 Å². The fraction of sp³-hybridized carbons (Fsp3) is 0.909. The third-order valence-electron chi connectivity index (χ3n) is 2.41. The van der Waals surface area contributed by atoms with Gasteiger partial charge in [0, 0.05) is 12.6 Å². The highest BCUT2D eigenvalue weighted by Gasteiger charge is 2.35.